The van der Waals surface area contributed by atoms with Crippen LogP contribution in [0.4, 0.5) is 0 Å². The Balaban J connectivity index is 1.63. The molecular formula is C18H32O16. The van der Waals surface area contributed by atoms with Crippen LogP contribution in [0.1, 0.15) is 0 Å². The molecular weight excluding hydrogens is 472 g/mol. The van der Waals surface area contributed by atoms with Crippen LogP contribution < -0.4 is 0 Å². The Morgan fingerprint density at radius 2 is 1.03 bits per heavy atom. The smallest absolute Gasteiger partial charge is 0.187 e. The molecule has 0 amide bonds. The molecule has 16 nitrogen and oxygen atoms in total. The largest absolute Gasteiger partial charge is 0.394 e. The van der Waals surface area contributed by atoms with Gasteiger partial charge in [-0.3, -0.25) is 0 Å². The Bertz CT molecular complexity index is 637. The van der Waals surface area contributed by atoms with E-state index < -0.39 is 112 Å². The zero-order valence-electron chi connectivity index (χ0n) is 17.7. The second-order valence-electron chi connectivity index (χ2n) is 8.37. The van der Waals surface area contributed by atoms with Crippen LogP contribution in [-0.2, 0) is 23.7 Å². The molecule has 3 rings (SSSR count). The second kappa shape index (κ2) is 11.6. The minimum absolute atomic E-state index is 0.577. The van der Waals surface area contributed by atoms with Gasteiger partial charge in [-0.1, -0.05) is 0 Å². The van der Waals surface area contributed by atoms with Crippen LogP contribution in [0, 0.1) is 0 Å². The van der Waals surface area contributed by atoms with Crippen molar-refractivity contribution in [3.05, 3.63) is 0 Å². The first-order valence-corrected chi connectivity index (χ1v) is 10.6. The van der Waals surface area contributed by atoms with Gasteiger partial charge in [-0.2, -0.15) is 0 Å². The van der Waals surface area contributed by atoms with Gasteiger partial charge >= 0.3 is 0 Å². The van der Waals surface area contributed by atoms with E-state index >= 15 is 0 Å². The maximum absolute atomic E-state index is 10.5. The van der Waals surface area contributed by atoms with Crippen LogP contribution >= 0.6 is 0 Å². The van der Waals surface area contributed by atoms with Crippen molar-refractivity contribution >= 4 is 0 Å². The topological polar surface area (TPSA) is 269 Å². The number of hydrogen-bond donors (Lipinski definition) is 11. The van der Waals surface area contributed by atoms with Crippen LogP contribution in [0.5, 0.6) is 0 Å². The number of rotatable bonds is 7. The van der Waals surface area contributed by atoms with E-state index in [1.165, 1.54) is 0 Å². The molecule has 0 aromatic heterocycles. The highest BCUT2D eigenvalue weighted by molar-refractivity contribution is 4.94. The number of aliphatic hydroxyl groups excluding tert-OH is 11. The van der Waals surface area contributed by atoms with E-state index in [2.05, 4.69) is 0 Å². The molecule has 16 heteroatoms. The summed E-state index contributed by atoms with van der Waals surface area (Å²) in [6.45, 7) is -2.09. The number of hydrogen-bond acceptors (Lipinski definition) is 16. The molecule has 3 heterocycles. The van der Waals surface area contributed by atoms with E-state index in [4.69, 9.17) is 23.7 Å². The zero-order valence-corrected chi connectivity index (χ0v) is 17.7. The molecule has 0 aromatic carbocycles. The third-order valence-corrected chi connectivity index (χ3v) is 6.07. The summed E-state index contributed by atoms with van der Waals surface area (Å²) in [6.07, 6.45) is -24.7. The van der Waals surface area contributed by atoms with Gasteiger partial charge in [0, 0.05) is 0 Å². The van der Waals surface area contributed by atoms with Gasteiger partial charge in [-0.15, -0.1) is 0 Å². The first-order chi connectivity index (χ1) is 16.0. The van der Waals surface area contributed by atoms with Gasteiger partial charge in [-0.25, -0.2) is 0 Å². The van der Waals surface area contributed by atoms with Gasteiger partial charge in [0.2, 0.25) is 0 Å². The lowest BCUT2D eigenvalue weighted by Crippen LogP contribution is -2.65. The molecule has 0 aliphatic carbocycles. The number of aliphatic hydroxyl groups is 11. The van der Waals surface area contributed by atoms with E-state index in [0.717, 1.165) is 0 Å². The summed E-state index contributed by atoms with van der Waals surface area (Å²) in [5.41, 5.74) is 0. The second-order valence-corrected chi connectivity index (χ2v) is 8.37. The molecule has 3 aliphatic heterocycles. The van der Waals surface area contributed by atoms with Crippen LogP contribution in [0.25, 0.3) is 0 Å². The highest BCUT2D eigenvalue weighted by Gasteiger charge is 2.51. The van der Waals surface area contributed by atoms with E-state index in [9.17, 15) is 56.2 Å². The summed E-state index contributed by atoms with van der Waals surface area (Å²) in [7, 11) is 0. The summed E-state index contributed by atoms with van der Waals surface area (Å²) in [4.78, 5) is 0. The fourth-order valence-electron chi connectivity index (χ4n) is 3.95. The van der Waals surface area contributed by atoms with Crippen molar-refractivity contribution in [2.75, 3.05) is 19.8 Å². The quantitative estimate of drug-likeness (QED) is 0.154. The van der Waals surface area contributed by atoms with Gasteiger partial charge in [0.05, 0.1) is 19.8 Å². The minimum Gasteiger partial charge on any atom is -0.394 e. The molecule has 3 saturated heterocycles. The highest BCUT2D eigenvalue weighted by atomic mass is 16.7. The molecule has 0 saturated carbocycles. The summed E-state index contributed by atoms with van der Waals surface area (Å²) in [5.74, 6) is 0. The molecule has 0 bridgehead atoms. The normalized spacial score (nSPS) is 52.5. The minimum atomic E-state index is -1.82. The molecule has 0 aromatic rings. The Labute approximate surface area is 192 Å². The highest BCUT2D eigenvalue weighted by Crippen LogP contribution is 2.30. The Hall–Kier alpha value is -0.640. The van der Waals surface area contributed by atoms with Gasteiger partial charge in [0.25, 0.3) is 0 Å². The van der Waals surface area contributed by atoms with Gasteiger partial charge < -0.3 is 79.9 Å². The van der Waals surface area contributed by atoms with Crippen molar-refractivity contribution in [1.82, 2.24) is 0 Å². The van der Waals surface area contributed by atoms with E-state index in [-0.39, 0.29) is 0 Å². The van der Waals surface area contributed by atoms with Gasteiger partial charge in [-0.05, 0) is 0 Å². The van der Waals surface area contributed by atoms with Crippen molar-refractivity contribution in [2.45, 2.75) is 92.1 Å². The average molecular weight is 504 g/mol. The summed E-state index contributed by atoms with van der Waals surface area (Å²) in [5, 5.41) is 109. The Kier molecular flexibility index (Phi) is 9.54. The Morgan fingerprint density at radius 3 is 1.65 bits per heavy atom. The molecule has 3 aliphatic rings. The molecule has 0 radical (unpaired) electrons. The summed E-state index contributed by atoms with van der Waals surface area (Å²) in [6, 6.07) is 0. The Morgan fingerprint density at radius 1 is 0.500 bits per heavy atom. The van der Waals surface area contributed by atoms with Crippen molar-refractivity contribution in [1.29, 1.82) is 0 Å². The fraction of sp³-hybridized carbons (Fsp3) is 1.00. The average Bonchev–Trinajstić information content (AvgIpc) is 2.83. The fourth-order valence-corrected chi connectivity index (χ4v) is 3.95. The SMILES string of the molecule is OC[C@H]1O[C@H](O[C@@H]2[C@H](O)[C@@H](O)[C@@H](OC[C@H]3OC(O)[C@H](O)[C@@H](O)[C@@H]3O)O[C@@H]2CO)[C@H](O)[C@@H](O)[C@H]1O. The first-order valence-electron chi connectivity index (χ1n) is 10.6. The van der Waals surface area contributed by atoms with Crippen LogP contribution in [0.2, 0.25) is 0 Å². The lowest BCUT2D eigenvalue weighted by Gasteiger charge is -2.46. The number of ether oxygens (including phenoxy) is 5. The standard InChI is InChI=1S/C18H32O16/c19-1-4-7(21)10(24)13(27)18(32-4)34-15-5(2-20)33-17(14(28)11(15)25)30-3-6-8(22)9(23)12(26)16(29)31-6/h4-29H,1-3H2/t4-,5-,6-,7+,8-,9+,10+,11-,12-,13-,14-,15+,16?,17+,18-/m1/s1. The van der Waals surface area contributed by atoms with Crippen molar-refractivity contribution in [3.63, 3.8) is 0 Å². The van der Waals surface area contributed by atoms with Crippen LogP contribution in [0.15, 0.2) is 0 Å². The molecule has 200 valence electrons. The van der Waals surface area contributed by atoms with E-state index in [1.54, 1.807) is 0 Å². The first kappa shape index (κ1) is 27.9. The van der Waals surface area contributed by atoms with Crippen molar-refractivity contribution in [3.8, 4) is 0 Å². The molecule has 34 heavy (non-hydrogen) atoms. The van der Waals surface area contributed by atoms with Crippen molar-refractivity contribution in [2.24, 2.45) is 0 Å². The predicted octanol–water partition coefficient (Wildman–Crippen LogP) is -7.57. The monoisotopic (exact) mass is 504 g/mol. The van der Waals surface area contributed by atoms with Gasteiger partial charge in [0.15, 0.2) is 18.9 Å². The van der Waals surface area contributed by atoms with Crippen LogP contribution in [0.3, 0.4) is 0 Å². The zero-order chi connectivity index (χ0) is 25.3. The maximum Gasteiger partial charge on any atom is 0.187 e. The lowest BCUT2D eigenvalue weighted by atomic mass is 9.97. The van der Waals surface area contributed by atoms with Gasteiger partial charge in [0.1, 0.15) is 73.2 Å². The maximum atomic E-state index is 10.5. The third-order valence-electron chi connectivity index (χ3n) is 6.07. The molecule has 11 N–H and O–H groups in total. The van der Waals surface area contributed by atoms with E-state index in [1.807, 2.05) is 0 Å². The summed E-state index contributed by atoms with van der Waals surface area (Å²) < 4.78 is 26.2. The van der Waals surface area contributed by atoms with Crippen molar-refractivity contribution < 1.29 is 79.9 Å². The predicted molar refractivity (Wildman–Crippen MR) is 101 cm³/mol. The molecule has 1 unspecified atom stereocenters. The lowest BCUT2D eigenvalue weighted by molar-refractivity contribution is -0.363. The summed E-state index contributed by atoms with van der Waals surface area (Å²) >= 11 is 0. The third kappa shape index (κ3) is 5.52. The molecule has 0 spiro atoms. The molecule has 15 atom stereocenters. The van der Waals surface area contributed by atoms with Crippen LogP contribution in [-0.4, -0.2) is 168 Å². The van der Waals surface area contributed by atoms with E-state index in [0.29, 0.717) is 0 Å². The molecule has 3 fully saturated rings.